The van der Waals surface area contributed by atoms with E-state index in [0.29, 0.717) is 12.5 Å². The Morgan fingerprint density at radius 2 is 1.81 bits per heavy atom. The standard InChI is InChI=1S/C16H24N2O3/c19-14(13-8-16(9-13)10-21-15(20)17-16)18-6-4-12(5-7-18)11-2-1-3-11/h11-13H,1-10H2,(H,17,20). The fourth-order valence-electron chi connectivity index (χ4n) is 4.53. The summed E-state index contributed by atoms with van der Waals surface area (Å²) in [6.45, 7) is 2.30. The van der Waals surface area contributed by atoms with Gasteiger partial charge < -0.3 is 15.0 Å². The van der Waals surface area contributed by atoms with Gasteiger partial charge in [0.05, 0.1) is 5.54 Å². The Bertz CT molecular complexity index is 446. The minimum Gasteiger partial charge on any atom is -0.447 e. The van der Waals surface area contributed by atoms with Crippen LogP contribution < -0.4 is 5.32 Å². The summed E-state index contributed by atoms with van der Waals surface area (Å²) in [5.41, 5.74) is -0.234. The van der Waals surface area contributed by atoms with Gasteiger partial charge in [-0.05, 0) is 37.5 Å². The first-order chi connectivity index (χ1) is 10.2. The van der Waals surface area contributed by atoms with Crippen LogP contribution in [0.1, 0.15) is 44.9 Å². The number of likely N-dealkylation sites (tertiary alicyclic amines) is 1. The molecule has 1 spiro atoms. The third kappa shape index (κ3) is 2.30. The number of alkyl carbamates (subject to hydrolysis) is 1. The van der Waals surface area contributed by atoms with Crippen molar-refractivity contribution in [3.8, 4) is 0 Å². The molecule has 0 atom stereocenters. The van der Waals surface area contributed by atoms with Gasteiger partial charge in [0, 0.05) is 19.0 Å². The van der Waals surface area contributed by atoms with Crippen LogP contribution in [0.4, 0.5) is 4.79 Å². The predicted octanol–water partition coefficient (Wildman–Crippen LogP) is 1.91. The van der Waals surface area contributed by atoms with Crippen molar-refractivity contribution in [2.45, 2.75) is 50.5 Å². The topological polar surface area (TPSA) is 58.6 Å². The number of nitrogens with one attached hydrogen (secondary N) is 1. The summed E-state index contributed by atoms with van der Waals surface area (Å²) in [4.78, 5) is 25.7. The number of amides is 2. The molecule has 4 rings (SSSR count). The lowest BCUT2D eigenvalue weighted by Gasteiger charge is -2.46. The molecule has 5 nitrogen and oxygen atoms in total. The summed E-state index contributed by atoms with van der Waals surface area (Å²) in [5.74, 6) is 2.19. The van der Waals surface area contributed by atoms with E-state index in [0.717, 1.165) is 37.8 Å². The fraction of sp³-hybridized carbons (Fsp3) is 0.875. The second kappa shape index (κ2) is 4.89. The quantitative estimate of drug-likeness (QED) is 0.846. The van der Waals surface area contributed by atoms with Crippen LogP contribution in [0.5, 0.6) is 0 Å². The van der Waals surface area contributed by atoms with Gasteiger partial charge in [0.1, 0.15) is 6.61 Å². The predicted molar refractivity (Wildman–Crippen MR) is 76.6 cm³/mol. The molecule has 0 aromatic rings. The summed E-state index contributed by atoms with van der Waals surface area (Å²) in [5, 5.41) is 2.86. The number of cyclic esters (lactones) is 1. The fourth-order valence-corrected chi connectivity index (χ4v) is 4.53. The number of rotatable bonds is 2. The van der Waals surface area contributed by atoms with Crippen LogP contribution in [-0.2, 0) is 9.53 Å². The summed E-state index contributed by atoms with van der Waals surface area (Å²) in [6.07, 6.45) is 7.76. The molecule has 2 saturated heterocycles. The van der Waals surface area contributed by atoms with Gasteiger partial charge in [0.15, 0.2) is 0 Å². The van der Waals surface area contributed by atoms with E-state index in [1.54, 1.807) is 0 Å². The molecule has 4 aliphatic rings. The zero-order valence-corrected chi connectivity index (χ0v) is 12.5. The number of hydrogen-bond acceptors (Lipinski definition) is 3. The lowest BCUT2D eigenvalue weighted by atomic mass is 9.68. The number of ether oxygens (including phenoxy) is 1. The van der Waals surface area contributed by atoms with E-state index in [4.69, 9.17) is 4.74 Å². The molecule has 2 saturated carbocycles. The highest BCUT2D eigenvalue weighted by Crippen LogP contribution is 2.43. The molecule has 2 heterocycles. The van der Waals surface area contributed by atoms with E-state index in [-0.39, 0.29) is 17.6 Å². The Kier molecular flexibility index (Phi) is 3.12. The van der Waals surface area contributed by atoms with E-state index in [2.05, 4.69) is 10.2 Å². The van der Waals surface area contributed by atoms with E-state index in [1.807, 2.05) is 0 Å². The Morgan fingerprint density at radius 3 is 2.33 bits per heavy atom. The lowest BCUT2D eigenvalue weighted by molar-refractivity contribution is -0.143. The Labute approximate surface area is 125 Å². The van der Waals surface area contributed by atoms with Crippen LogP contribution in [0.3, 0.4) is 0 Å². The molecule has 21 heavy (non-hydrogen) atoms. The van der Waals surface area contributed by atoms with Crippen LogP contribution in [0, 0.1) is 17.8 Å². The smallest absolute Gasteiger partial charge is 0.407 e. The van der Waals surface area contributed by atoms with Crippen molar-refractivity contribution >= 4 is 12.0 Å². The first kappa shape index (κ1) is 13.4. The maximum Gasteiger partial charge on any atom is 0.407 e. The number of carbonyl (C=O) groups excluding carboxylic acids is 2. The van der Waals surface area contributed by atoms with Gasteiger partial charge >= 0.3 is 6.09 Å². The van der Waals surface area contributed by atoms with Crippen LogP contribution in [-0.4, -0.2) is 42.1 Å². The largest absolute Gasteiger partial charge is 0.447 e. The van der Waals surface area contributed by atoms with Crippen molar-refractivity contribution in [1.29, 1.82) is 0 Å². The highest BCUT2D eigenvalue weighted by atomic mass is 16.6. The van der Waals surface area contributed by atoms with Gasteiger partial charge in [-0.1, -0.05) is 19.3 Å². The molecule has 0 bridgehead atoms. The van der Waals surface area contributed by atoms with Crippen LogP contribution >= 0.6 is 0 Å². The average molecular weight is 292 g/mol. The molecular formula is C16H24N2O3. The van der Waals surface area contributed by atoms with Gasteiger partial charge in [-0.3, -0.25) is 4.79 Å². The summed E-state index contributed by atoms with van der Waals surface area (Å²) in [6, 6.07) is 0. The summed E-state index contributed by atoms with van der Waals surface area (Å²) >= 11 is 0. The van der Waals surface area contributed by atoms with Gasteiger partial charge in [0.2, 0.25) is 5.91 Å². The van der Waals surface area contributed by atoms with Crippen molar-refractivity contribution in [3.63, 3.8) is 0 Å². The van der Waals surface area contributed by atoms with Gasteiger partial charge in [0.25, 0.3) is 0 Å². The third-order valence-electron chi connectivity index (χ3n) is 6.14. The van der Waals surface area contributed by atoms with E-state index >= 15 is 0 Å². The molecular weight excluding hydrogens is 268 g/mol. The summed E-state index contributed by atoms with van der Waals surface area (Å²) < 4.78 is 4.97. The number of hydrogen-bond donors (Lipinski definition) is 1. The van der Waals surface area contributed by atoms with E-state index in [9.17, 15) is 9.59 Å². The average Bonchev–Trinajstić information content (AvgIpc) is 2.78. The van der Waals surface area contributed by atoms with Crippen LogP contribution in [0.2, 0.25) is 0 Å². The molecule has 5 heteroatoms. The Balaban J connectivity index is 1.26. The second-order valence-corrected chi connectivity index (χ2v) is 7.44. The molecule has 1 N–H and O–H groups in total. The molecule has 0 radical (unpaired) electrons. The van der Waals surface area contributed by atoms with E-state index in [1.165, 1.54) is 32.1 Å². The van der Waals surface area contributed by atoms with Crippen LogP contribution in [0.25, 0.3) is 0 Å². The minimum atomic E-state index is -0.331. The first-order valence-electron chi connectivity index (χ1n) is 8.39. The van der Waals surface area contributed by atoms with E-state index < -0.39 is 0 Å². The van der Waals surface area contributed by atoms with Crippen molar-refractivity contribution in [2.24, 2.45) is 17.8 Å². The maximum absolute atomic E-state index is 12.5. The Hall–Kier alpha value is -1.26. The molecule has 2 aliphatic carbocycles. The first-order valence-corrected chi connectivity index (χ1v) is 8.39. The van der Waals surface area contributed by atoms with Gasteiger partial charge in [-0.15, -0.1) is 0 Å². The number of piperidine rings is 1. The summed E-state index contributed by atoms with van der Waals surface area (Å²) in [7, 11) is 0. The van der Waals surface area contributed by atoms with Crippen LogP contribution in [0.15, 0.2) is 0 Å². The zero-order chi connectivity index (χ0) is 14.4. The maximum atomic E-state index is 12.5. The molecule has 4 fully saturated rings. The van der Waals surface area contributed by atoms with Crippen molar-refractivity contribution in [2.75, 3.05) is 19.7 Å². The minimum absolute atomic E-state index is 0.0900. The SMILES string of the molecule is O=C1NC2(CO1)CC(C(=O)N1CCC(C3CCC3)CC1)C2. The molecule has 116 valence electrons. The van der Waals surface area contributed by atoms with Crippen molar-refractivity contribution < 1.29 is 14.3 Å². The highest BCUT2D eigenvalue weighted by molar-refractivity contribution is 5.81. The molecule has 2 aliphatic heterocycles. The molecule has 0 aromatic carbocycles. The number of nitrogens with zero attached hydrogens (tertiary/aromatic N) is 1. The Morgan fingerprint density at radius 1 is 1.14 bits per heavy atom. The second-order valence-electron chi connectivity index (χ2n) is 7.44. The zero-order valence-electron chi connectivity index (χ0n) is 12.5. The molecule has 2 amide bonds. The monoisotopic (exact) mass is 292 g/mol. The van der Waals surface area contributed by atoms with Gasteiger partial charge in [-0.2, -0.15) is 0 Å². The van der Waals surface area contributed by atoms with Gasteiger partial charge in [-0.25, -0.2) is 4.79 Å². The molecule has 0 aromatic heterocycles. The molecule has 0 unspecified atom stereocenters. The van der Waals surface area contributed by atoms with Crippen molar-refractivity contribution in [3.05, 3.63) is 0 Å². The highest BCUT2D eigenvalue weighted by Gasteiger charge is 2.53. The van der Waals surface area contributed by atoms with Crippen molar-refractivity contribution in [1.82, 2.24) is 10.2 Å². The normalized spacial score (nSPS) is 36.9. The third-order valence-corrected chi connectivity index (χ3v) is 6.14. The number of carbonyl (C=O) groups is 2. The lowest BCUT2D eigenvalue weighted by Crippen LogP contribution is -2.58.